The molecule has 0 aliphatic rings. The van der Waals surface area contributed by atoms with Crippen LogP contribution >= 0.6 is 0 Å². The maximum Gasteiger partial charge on any atom is 0.306 e. The van der Waals surface area contributed by atoms with Crippen LogP contribution in [0.2, 0.25) is 0 Å². The first-order chi connectivity index (χ1) is 6.56. The van der Waals surface area contributed by atoms with E-state index in [-0.39, 0.29) is 11.7 Å². The molecule has 0 saturated heterocycles. The molecule has 0 amide bonds. The van der Waals surface area contributed by atoms with Gasteiger partial charge in [0, 0.05) is 6.42 Å². The zero-order valence-corrected chi connectivity index (χ0v) is 8.45. The van der Waals surface area contributed by atoms with Crippen LogP contribution < -0.4 is 0 Å². The lowest BCUT2D eigenvalue weighted by molar-refractivity contribution is -0.143. The lowest BCUT2D eigenvalue weighted by Gasteiger charge is -2.01. The first-order valence-electron chi connectivity index (χ1n) is 4.45. The summed E-state index contributed by atoms with van der Waals surface area (Å²) in [5.74, 6) is -0.257. The van der Waals surface area contributed by atoms with Crippen molar-refractivity contribution in [2.75, 3.05) is 6.61 Å². The molecular formula is C11H16O3. The Bertz CT molecular complexity index is 251. The molecule has 0 atom stereocenters. The van der Waals surface area contributed by atoms with Crippen LogP contribution in [0.15, 0.2) is 36.6 Å². The first kappa shape index (κ1) is 12.5. The average Bonchev–Trinajstić information content (AvgIpc) is 2.12. The van der Waals surface area contributed by atoms with E-state index < -0.39 is 0 Å². The number of hydrogen-bond acceptors (Lipinski definition) is 3. The maximum absolute atomic E-state index is 10.9. The summed E-state index contributed by atoms with van der Waals surface area (Å²) >= 11 is 0. The minimum absolute atomic E-state index is 0.0257. The second-order valence-corrected chi connectivity index (χ2v) is 2.79. The predicted octanol–water partition coefficient (Wildman–Crippen LogP) is 2.51. The quantitative estimate of drug-likeness (QED) is 0.403. The molecule has 78 valence electrons. The molecule has 0 fully saturated rings. The summed E-state index contributed by atoms with van der Waals surface area (Å²) < 4.78 is 4.75. The van der Waals surface area contributed by atoms with Crippen molar-refractivity contribution in [2.24, 2.45) is 0 Å². The summed E-state index contributed by atoms with van der Waals surface area (Å²) in [6.45, 7) is 9.16. The van der Waals surface area contributed by atoms with Crippen LogP contribution in [-0.4, -0.2) is 17.7 Å². The molecule has 0 heterocycles. The summed E-state index contributed by atoms with van der Waals surface area (Å²) in [5.41, 5.74) is 0.758. The van der Waals surface area contributed by atoms with Crippen molar-refractivity contribution in [1.82, 2.24) is 0 Å². The number of carbonyl (C=O) groups is 1. The van der Waals surface area contributed by atoms with Crippen molar-refractivity contribution in [2.45, 2.75) is 19.8 Å². The van der Waals surface area contributed by atoms with Gasteiger partial charge in [-0.1, -0.05) is 24.8 Å². The highest BCUT2D eigenvalue weighted by Crippen LogP contribution is 2.06. The van der Waals surface area contributed by atoms with Gasteiger partial charge in [-0.3, -0.25) is 4.79 Å². The van der Waals surface area contributed by atoms with Gasteiger partial charge in [0.05, 0.1) is 6.61 Å². The van der Waals surface area contributed by atoms with E-state index in [4.69, 9.17) is 9.84 Å². The van der Waals surface area contributed by atoms with Gasteiger partial charge in [0.1, 0.15) is 5.76 Å². The van der Waals surface area contributed by atoms with E-state index in [9.17, 15) is 4.79 Å². The van der Waals surface area contributed by atoms with Crippen LogP contribution in [0.1, 0.15) is 19.8 Å². The van der Waals surface area contributed by atoms with Crippen molar-refractivity contribution in [3.8, 4) is 0 Å². The van der Waals surface area contributed by atoms with Crippen molar-refractivity contribution >= 4 is 5.97 Å². The van der Waals surface area contributed by atoms with Crippen molar-refractivity contribution in [3.63, 3.8) is 0 Å². The molecule has 0 bridgehead atoms. The number of aliphatic hydroxyl groups excluding tert-OH is 1. The third kappa shape index (κ3) is 7.16. The normalized spacial score (nSPS) is 10.1. The van der Waals surface area contributed by atoms with Crippen LogP contribution in [0.25, 0.3) is 0 Å². The van der Waals surface area contributed by atoms with Crippen molar-refractivity contribution in [3.05, 3.63) is 36.6 Å². The second kappa shape index (κ2) is 6.95. The highest BCUT2D eigenvalue weighted by atomic mass is 16.5. The van der Waals surface area contributed by atoms with Crippen molar-refractivity contribution < 1.29 is 14.6 Å². The Morgan fingerprint density at radius 3 is 2.50 bits per heavy atom. The van der Waals surface area contributed by atoms with E-state index in [0.29, 0.717) is 19.4 Å². The summed E-state index contributed by atoms with van der Waals surface area (Å²) in [5, 5.41) is 8.75. The van der Waals surface area contributed by atoms with Crippen LogP contribution in [0.3, 0.4) is 0 Å². The second-order valence-electron chi connectivity index (χ2n) is 2.79. The van der Waals surface area contributed by atoms with Crippen LogP contribution in [0, 0.1) is 0 Å². The standard InChI is InChI=1S/C11H16O3/c1-4-14-11(13)8-6-9(2)5-7-10(3)12/h5,7,12H,2-4,6,8H2,1H3/b7-5-. The topological polar surface area (TPSA) is 46.5 Å². The van der Waals surface area contributed by atoms with Gasteiger partial charge in [-0.2, -0.15) is 0 Å². The third-order valence-electron chi connectivity index (χ3n) is 1.47. The highest BCUT2D eigenvalue weighted by Gasteiger charge is 2.01. The summed E-state index contributed by atoms with van der Waals surface area (Å²) in [4.78, 5) is 10.9. The fourth-order valence-electron chi connectivity index (χ4n) is 0.793. The average molecular weight is 196 g/mol. The number of rotatable bonds is 6. The molecule has 0 saturated carbocycles. The molecule has 0 radical (unpaired) electrons. The minimum atomic E-state index is -0.232. The van der Waals surface area contributed by atoms with E-state index in [2.05, 4.69) is 13.2 Å². The van der Waals surface area contributed by atoms with Gasteiger partial charge in [-0.05, 0) is 19.4 Å². The Morgan fingerprint density at radius 2 is 2.00 bits per heavy atom. The Morgan fingerprint density at radius 1 is 1.36 bits per heavy atom. The molecule has 0 spiro atoms. The number of carbonyl (C=O) groups excluding carboxylic acids is 1. The molecule has 0 aliphatic heterocycles. The molecule has 0 rings (SSSR count). The van der Waals surface area contributed by atoms with Gasteiger partial charge >= 0.3 is 5.97 Å². The number of hydrogen-bond donors (Lipinski definition) is 1. The summed E-state index contributed by atoms with van der Waals surface area (Å²) in [6.07, 6.45) is 3.91. The van der Waals surface area contributed by atoms with E-state index in [1.165, 1.54) is 6.08 Å². The van der Waals surface area contributed by atoms with Crippen LogP contribution in [-0.2, 0) is 9.53 Å². The van der Waals surface area contributed by atoms with E-state index >= 15 is 0 Å². The smallest absolute Gasteiger partial charge is 0.306 e. The lowest BCUT2D eigenvalue weighted by atomic mass is 10.1. The fourth-order valence-corrected chi connectivity index (χ4v) is 0.793. The molecule has 0 aromatic heterocycles. The number of esters is 1. The molecular weight excluding hydrogens is 180 g/mol. The van der Waals surface area contributed by atoms with Gasteiger partial charge in [0.25, 0.3) is 0 Å². The molecule has 1 N–H and O–H groups in total. The largest absolute Gasteiger partial charge is 0.509 e. The fraction of sp³-hybridized carbons (Fsp3) is 0.364. The monoisotopic (exact) mass is 196 g/mol. The Labute approximate surface area is 84.4 Å². The molecule has 0 unspecified atom stereocenters. The van der Waals surface area contributed by atoms with E-state index in [1.807, 2.05) is 0 Å². The molecule has 0 aromatic rings. The number of allylic oxidation sites excluding steroid dienone is 3. The van der Waals surface area contributed by atoms with Gasteiger partial charge in [0.15, 0.2) is 0 Å². The molecule has 14 heavy (non-hydrogen) atoms. The predicted molar refractivity (Wildman–Crippen MR) is 55.9 cm³/mol. The zero-order valence-electron chi connectivity index (χ0n) is 8.45. The maximum atomic E-state index is 10.9. The van der Waals surface area contributed by atoms with Gasteiger partial charge in [-0.25, -0.2) is 0 Å². The third-order valence-corrected chi connectivity index (χ3v) is 1.47. The first-order valence-corrected chi connectivity index (χ1v) is 4.45. The van der Waals surface area contributed by atoms with Crippen LogP contribution in [0.4, 0.5) is 0 Å². The SMILES string of the molecule is C=C(O)/C=C\C(=C)CCC(=O)OCC. The Balaban J connectivity index is 3.74. The lowest BCUT2D eigenvalue weighted by Crippen LogP contribution is -2.03. The Kier molecular flexibility index (Phi) is 6.20. The van der Waals surface area contributed by atoms with Crippen molar-refractivity contribution in [1.29, 1.82) is 0 Å². The van der Waals surface area contributed by atoms with E-state index in [1.54, 1.807) is 13.0 Å². The number of aliphatic hydroxyl groups is 1. The minimum Gasteiger partial charge on any atom is -0.509 e. The zero-order chi connectivity index (χ0) is 11.0. The van der Waals surface area contributed by atoms with E-state index in [0.717, 1.165) is 5.57 Å². The van der Waals surface area contributed by atoms with Gasteiger partial charge < -0.3 is 9.84 Å². The highest BCUT2D eigenvalue weighted by molar-refractivity contribution is 5.69. The molecule has 3 heteroatoms. The molecule has 3 nitrogen and oxygen atoms in total. The molecule has 0 aromatic carbocycles. The molecule has 0 aliphatic carbocycles. The van der Waals surface area contributed by atoms with Gasteiger partial charge in [0.2, 0.25) is 0 Å². The summed E-state index contributed by atoms with van der Waals surface area (Å²) in [6, 6.07) is 0. The van der Waals surface area contributed by atoms with Crippen LogP contribution in [0.5, 0.6) is 0 Å². The van der Waals surface area contributed by atoms with Gasteiger partial charge in [-0.15, -0.1) is 0 Å². The number of ether oxygens (including phenoxy) is 1. The summed E-state index contributed by atoms with van der Waals surface area (Å²) in [7, 11) is 0. The Hall–Kier alpha value is -1.51.